The molecule has 2 N–H and O–H groups in total. The smallest absolute Gasteiger partial charge is 0.306 e. The molecule has 108 valence electrons. The van der Waals surface area contributed by atoms with E-state index < -0.39 is 5.38 Å². The minimum Gasteiger partial charge on any atom is -0.306 e. The highest BCUT2D eigenvalue weighted by Gasteiger charge is 2.16. The Bertz CT molecular complexity index is 887. The molecule has 0 aliphatic rings. The normalized spacial score (nSPS) is 12.8. The molecule has 21 heavy (non-hydrogen) atoms. The van der Waals surface area contributed by atoms with Gasteiger partial charge in [0, 0.05) is 4.47 Å². The van der Waals surface area contributed by atoms with E-state index in [0.717, 1.165) is 15.6 Å². The Labute approximate surface area is 133 Å². The van der Waals surface area contributed by atoms with Crippen molar-refractivity contribution < 1.29 is 4.39 Å². The number of alkyl halides is 1. The second kappa shape index (κ2) is 5.31. The van der Waals surface area contributed by atoms with Crippen molar-refractivity contribution in [2.75, 3.05) is 0 Å². The summed E-state index contributed by atoms with van der Waals surface area (Å²) in [6.45, 7) is 1.70. The van der Waals surface area contributed by atoms with Crippen molar-refractivity contribution in [3.63, 3.8) is 0 Å². The van der Waals surface area contributed by atoms with Gasteiger partial charge >= 0.3 is 5.69 Å². The summed E-state index contributed by atoms with van der Waals surface area (Å²) >= 11 is 9.98. The van der Waals surface area contributed by atoms with Gasteiger partial charge in [-0.05, 0) is 41.8 Å². The molecule has 1 aromatic heterocycles. The monoisotopic (exact) mass is 368 g/mol. The Morgan fingerprint density at radius 1 is 1.19 bits per heavy atom. The zero-order valence-corrected chi connectivity index (χ0v) is 13.3. The zero-order valence-electron chi connectivity index (χ0n) is 11.0. The Hall–Kier alpha value is -1.59. The van der Waals surface area contributed by atoms with Crippen molar-refractivity contribution >= 4 is 38.6 Å². The number of hydrogen-bond acceptors (Lipinski definition) is 1. The molecule has 3 rings (SSSR count). The quantitative estimate of drug-likeness (QED) is 0.647. The van der Waals surface area contributed by atoms with Gasteiger partial charge in [-0.1, -0.05) is 28.1 Å². The minimum atomic E-state index is -0.443. The largest absolute Gasteiger partial charge is 0.323 e. The first kappa shape index (κ1) is 14.4. The first-order valence-electron chi connectivity index (χ1n) is 6.27. The van der Waals surface area contributed by atoms with Gasteiger partial charge in [0.1, 0.15) is 5.82 Å². The van der Waals surface area contributed by atoms with Crippen molar-refractivity contribution in [3.8, 4) is 0 Å². The van der Waals surface area contributed by atoms with Crippen LogP contribution in [0.4, 0.5) is 4.39 Å². The summed E-state index contributed by atoms with van der Waals surface area (Å²) in [6.07, 6.45) is 0. The fraction of sp³-hybridized carbons (Fsp3) is 0.133. The molecule has 0 saturated carbocycles. The van der Waals surface area contributed by atoms with E-state index in [-0.39, 0.29) is 11.5 Å². The number of aromatic nitrogens is 2. The second-order valence-corrected chi connectivity index (χ2v) is 6.16. The van der Waals surface area contributed by atoms with Crippen LogP contribution in [0.3, 0.4) is 0 Å². The van der Waals surface area contributed by atoms with Crippen LogP contribution in [0.1, 0.15) is 22.1 Å². The minimum absolute atomic E-state index is 0.257. The molecule has 1 heterocycles. The number of nitrogens with one attached hydrogen (secondary N) is 2. The molecule has 0 aliphatic heterocycles. The first-order chi connectivity index (χ1) is 9.95. The van der Waals surface area contributed by atoms with Crippen LogP contribution in [0.15, 0.2) is 39.6 Å². The molecule has 0 aliphatic carbocycles. The van der Waals surface area contributed by atoms with Gasteiger partial charge in [-0.25, -0.2) is 9.18 Å². The van der Waals surface area contributed by atoms with E-state index in [1.165, 1.54) is 6.07 Å². The number of benzene rings is 2. The molecule has 6 heteroatoms. The second-order valence-electron chi connectivity index (χ2n) is 4.87. The first-order valence-corrected chi connectivity index (χ1v) is 7.50. The van der Waals surface area contributed by atoms with Crippen molar-refractivity contribution in [1.82, 2.24) is 9.97 Å². The predicted molar refractivity (Wildman–Crippen MR) is 85.5 cm³/mol. The van der Waals surface area contributed by atoms with Gasteiger partial charge in [0.2, 0.25) is 0 Å². The maximum absolute atomic E-state index is 13.4. The molecule has 3 nitrogen and oxygen atoms in total. The fourth-order valence-electron chi connectivity index (χ4n) is 2.27. The van der Waals surface area contributed by atoms with Crippen LogP contribution in [-0.4, -0.2) is 9.97 Å². The summed E-state index contributed by atoms with van der Waals surface area (Å²) in [5.41, 5.74) is 3.28. The molecule has 3 aromatic rings. The van der Waals surface area contributed by atoms with Gasteiger partial charge in [-0.15, -0.1) is 11.6 Å². The number of hydrogen-bond donors (Lipinski definition) is 2. The number of aromatic amines is 2. The van der Waals surface area contributed by atoms with Gasteiger partial charge in [-0.2, -0.15) is 0 Å². The molecular formula is C15H11BrClFN2O. The van der Waals surface area contributed by atoms with Gasteiger partial charge in [0.15, 0.2) is 0 Å². The molecular weight excluding hydrogens is 359 g/mol. The predicted octanol–water partition coefficient (Wildman–Crippen LogP) is 4.39. The highest BCUT2D eigenvalue weighted by Crippen LogP contribution is 2.36. The lowest BCUT2D eigenvalue weighted by Gasteiger charge is -2.13. The number of aryl methyl sites for hydroxylation is 1. The summed E-state index contributed by atoms with van der Waals surface area (Å²) in [7, 11) is 0. The molecule has 1 unspecified atom stereocenters. The van der Waals surface area contributed by atoms with Gasteiger partial charge < -0.3 is 9.97 Å². The fourth-order valence-corrected chi connectivity index (χ4v) is 3.29. The van der Waals surface area contributed by atoms with Crippen LogP contribution in [0.5, 0.6) is 0 Å². The van der Waals surface area contributed by atoms with Crippen LogP contribution in [0, 0.1) is 12.7 Å². The number of halogens is 3. The van der Waals surface area contributed by atoms with E-state index in [4.69, 9.17) is 11.6 Å². The van der Waals surface area contributed by atoms with Gasteiger partial charge in [-0.3, -0.25) is 0 Å². The summed E-state index contributed by atoms with van der Waals surface area (Å²) in [4.78, 5) is 16.7. The Balaban J connectivity index is 2.11. The standard InChI is InChI=1S/C15H11BrClFN2O/c1-7-4-8(2-3-11(7)18)14(17)9-5-12-13(6-10(9)16)20-15(21)19-12/h2-6,14H,1H3,(H2,19,20,21). The average Bonchev–Trinajstić information content (AvgIpc) is 2.79. The highest BCUT2D eigenvalue weighted by molar-refractivity contribution is 9.10. The van der Waals surface area contributed by atoms with E-state index >= 15 is 0 Å². The third-order valence-electron chi connectivity index (χ3n) is 3.38. The number of rotatable bonds is 2. The Morgan fingerprint density at radius 2 is 1.86 bits per heavy atom. The van der Waals surface area contributed by atoms with Crippen LogP contribution in [-0.2, 0) is 0 Å². The zero-order chi connectivity index (χ0) is 15.1. The number of fused-ring (bicyclic) bond motifs is 1. The van der Waals surface area contributed by atoms with E-state index in [0.29, 0.717) is 16.6 Å². The topological polar surface area (TPSA) is 48.6 Å². The number of H-pyrrole nitrogens is 2. The van der Waals surface area contributed by atoms with Crippen LogP contribution in [0.2, 0.25) is 0 Å². The van der Waals surface area contributed by atoms with Crippen LogP contribution >= 0.6 is 27.5 Å². The van der Waals surface area contributed by atoms with Gasteiger partial charge in [0.05, 0.1) is 16.4 Å². The summed E-state index contributed by atoms with van der Waals surface area (Å²) < 4.78 is 14.1. The van der Waals surface area contributed by atoms with Crippen LogP contribution < -0.4 is 5.69 Å². The lowest BCUT2D eigenvalue weighted by Crippen LogP contribution is -1.99. The molecule has 1 atom stereocenters. The SMILES string of the molecule is Cc1cc(C(Cl)c2cc3[nH]c(=O)[nH]c3cc2Br)ccc1F. The van der Waals surface area contributed by atoms with Crippen LogP contribution in [0.25, 0.3) is 11.0 Å². The maximum atomic E-state index is 13.4. The molecule has 0 saturated heterocycles. The average molecular weight is 370 g/mol. The van der Waals surface area contributed by atoms with Crippen molar-refractivity contribution in [2.45, 2.75) is 12.3 Å². The van der Waals surface area contributed by atoms with Crippen molar-refractivity contribution in [1.29, 1.82) is 0 Å². The molecule has 2 aromatic carbocycles. The van der Waals surface area contributed by atoms with Gasteiger partial charge in [0.25, 0.3) is 0 Å². The highest BCUT2D eigenvalue weighted by atomic mass is 79.9. The third kappa shape index (κ3) is 2.63. The summed E-state index contributed by atoms with van der Waals surface area (Å²) in [5, 5.41) is -0.443. The molecule has 0 spiro atoms. The van der Waals surface area contributed by atoms with E-state index in [1.54, 1.807) is 25.1 Å². The molecule has 0 radical (unpaired) electrons. The Kier molecular flexibility index (Phi) is 3.63. The maximum Gasteiger partial charge on any atom is 0.323 e. The Morgan fingerprint density at radius 3 is 2.52 bits per heavy atom. The third-order valence-corrected chi connectivity index (χ3v) is 4.55. The molecule has 0 bridgehead atoms. The lowest BCUT2D eigenvalue weighted by molar-refractivity contribution is 0.617. The lowest BCUT2D eigenvalue weighted by atomic mass is 10.0. The summed E-state index contributed by atoms with van der Waals surface area (Å²) in [6, 6.07) is 8.41. The summed E-state index contributed by atoms with van der Waals surface area (Å²) in [5.74, 6) is -0.257. The van der Waals surface area contributed by atoms with E-state index in [9.17, 15) is 9.18 Å². The van der Waals surface area contributed by atoms with E-state index in [2.05, 4.69) is 25.9 Å². The van der Waals surface area contributed by atoms with Crippen molar-refractivity contribution in [2.24, 2.45) is 0 Å². The number of imidazole rings is 1. The van der Waals surface area contributed by atoms with E-state index in [1.807, 2.05) is 6.07 Å². The molecule has 0 fully saturated rings. The van der Waals surface area contributed by atoms with Crippen molar-refractivity contribution in [3.05, 3.63) is 67.8 Å². The molecule has 0 amide bonds.